The van der Waals surface area contributed by atoms with Crippen LogP contribution in [0.4, 0.5) is 0 Å². The molecule has 0 aliphatic heterocycles. The Morgan fingerprint density at radius 2 is 2.00 bits per heavy atom. The molecule has 3 rings (SSSR count). The van der Waals surface area contributed by atoms with Gasteiger partial charge in [-0.1, -0.05) is 36.9 Å². The molecule has 3 aromatic rings. The molecule has 5 heteroatoms. The highest BCUT2D eigenvalue weighted by molar-refractivity contribution is 5.82. The number of hydrogen-bond acceptors (Lipinski definition) is 4. The minimum atomic E-state index is 0.523. The maximum absolute atomic E-state index is 5.43. The van der Waals surface area contributed by atoms with Crippen molar-refractivity contribution in [2.45, 2.75) is 13.5 Å². The molecular formula is C16H16N4O. The highest BCUT2D eigenvalue weighted by Crippen LogP contribution is 2.20. The van der Waals surface area contributed by atoms with Gasteiger partial charge in [-0.15, -0.1) is 0 Å². The molecule has 0 radical (unpaired) electrons. The number of hydrogen-bond donors (Lipinski definition) is 0. The van der Waals surface area contributed by atoms with E-state index in [1.54, 1.807) is 6.33 Å². The first-order chi connectivity index (χ1) is 10.3. The Bertz CT molecular complexity index is 764. The molecule has 0 saturated heterocycles. The van der Waals surface area contributed by atoms with E-state index < -0.39 is 0 Å². The van der Waals surface area contributed by atoms with Crippen LogP contribution in [-0.2, 0) is 11.3 Å². The molecule has 0 aliphatic rings. The lowest BCUT2D eigenvalue weighted by Crippen LogP contribution is -2.01. The average molecular weight is 280 g/mol. The first-order valence-electron chi connectivity index (χ1n) is 6.81. The average Bonchev–Trinajstić information content (AvgIpc) is 2.92. The summed E-state index contributed by atoms with van der Waals surface area (Å²) >= 11 is 0. The monoisotopic (exact) mass is 280 g/mol. The van der Waals surface area contributed by atoms with E-state index in [0.29, 0.717) is 23.6 Å². The molecule has 1 aromatic carbocycles. The van der Waals surface area contributed by atoms with Crippen LogP contribution in [0.25, 0.3) is 16.9 Å². The van der Waals surface area contributed by atoms with Crippen molar-refractivity contribution in [3.8, 4) is 0 Å². The quantitative estimate of drug-likeness (QED) is 0.674. The van der Waals surface area contributed by atoms with Gasteiger partial charge in [0.05, 0.1) is 19.5 Å². The van der Waals surface area contributed by atoms with Gasteiger partial charge < -0.3 is 9.30 Å². The van der Waals surface area contributed by atoms with Gasteiger partial charge in [0.15, 0.2) is 5.65 Å². The molecular weight excluding hydrogens is 264 g/mol. The van der Waals surface area contributed by atoms with E-state index in [4.69, 9.17) is 4.74 Å². The molecule has 0 fully saturated rings. The van der Waals surface area contributed by atoms with Crippen LogP contribution in [-0.4, -0.2) is 26.1 Å². The largest absolute Gasteiger partial charge is 0.492 e. The van der Waals surface area contributed by atoms with Gasteiger partial charge in [0.25, 0.3) is 0 Å². The fourth-order valence-corrected chi connectivity index (χ4v) is 2.22. The Morgan fingerprint density at radius 1 is 1.19 bits per heavy atom. The van der Waals surface area contributed by atoms with Crippen LogP contribution < -0.4 is 0 Å². The molecule has 0 amide bonds. The third-order valence-corrected chi connectivity index (χ3v) is 3.18. The van der Waals surface area contributed by atoms with Gasteiger partial charge in [0.1, 0.15) is 23.3 Å². The summed E-state index contributed by atoms with van der Waals surface area (Å²) in [4.78, 5) is 13.0. The third-order valence-electron chi connectivity index (χ3n) is 3.18. The second-order valence-corrected chi connectivity index (χ2v) is 4.61. The number of aromatic nitrogens is 4. The van der Waals surface area contributed by atoms with Crippen molar-refractivity contribution in [2.75, 3.05) is 6.61 Å². The first kappa shape index (κ1) is 13.3. The highest BCUT2D eigenvalue weighted by atomic mass is 16.5. The predicted octanol–water partition coefficient (Wildman–Crippen LogP) is 2.88. The summed E-state index contributed by atoms with van der Waals surface area (Å²) in [7, 11) is 0. The molecule has 2 aromatic heterocycles. The molecule has 0 N–H and O–H groups in total. The van der Waals surface area contributed by atoms with E-state index in [-0.39, 0.29) is 0 Å². The molecule has 0 aliphatic carbocycles. The van der Waals surface area contributed by atoms with Gasteiger partial charge in [-0.25, -0.2) is 15.0 Å². The van der Waals surface area contributed by atoms with Gasteiger partial charge in [-0.05, 0) is 12.5 Å². The van der Waals surface area contributed by atoms with Crippen LogP contribution in [0.3, 0.4) is 0 Å². The van der Waals surface area contributed by atoms with Crippen molar-refractivity contribution in [2.24, 2.45) is 0 Å². The standard InChI is InChI=1S/C16H16N4O/c1-3-21-12(2)14-15-16(18-10-17-14)20(11-19-15)9-13-7-5-4-6-8-13/h4-8,10-11H,2-3,9H2,1H3. The summed E-state index contributed by atoms with van der Waals surface area (Å²) in [6.07, 6.45) is 3.29. The summed E-state index contributed by atoms with van der Waals surface area (Å²) < 4.78 is 7.42. The van der Waals surface area contributed by atoms with Crippen LogP contribution in [0.5, 0.6) is 0 Å². The molecule has 2 heterocycles. The molecule has 0 atom stereocenters. The third kappa shape index (κ3) is 2.63. The van der Waals surface area contributed by atoms with Gasteiger partial charge in [0.2, 0.25) is 0 Å². The summed E-state index contributed by atoms with van der Waals surface area (Å²) in [5.41, 5.74) is 3.34. The summed E-state index contributed by atoms with van der Waals surface area (Å²) in [5.74, 6) is 0.523. The van der Waals surface area contributed by atoms with Crippen molar-refractivity contribution in [3.05, 3.63) is 60.8 Å². The SMILES string of the molecule is C=C(OCC)c1ncnc2c1ncn2Cc1ccccc1. The zero-order valence-corrected chi connectivity index (χ0v) is 11.9. The lowest BCUT2D eigenvalue weighted by molar-refractivity contribution is 0.298. The van der Waals surface area contributed by atoms with Crippen molar-refractivity contribution < 1.29 is 4.74 Å². The zero-order chi connectivity index (χ0) is 14.7. The van der Waals surface area contributed by atoms with Gasteiger partial charge in [-0.3, -0.25) is 0 Å². The topological polar surface area (TPSA) is 52.8 Å². The highest BCUT2D eigenvalue weighted by Gasteiger charge is 2.13. The van der Waals surface area contributed by atoms with E-state index in [1.165, 1.54) is 11.9 Å². The number of imidazole rings is 1. The molecule has 21 heavy (non-hydrogen) atoms. The number of nitrogens with zero attached hydrogens (tertiary/aromatic N) is 4. The fourth-order valence-electron chi connectivity index (χ4n) is 2.22. The predicted molar refractivity (Wildman–Crippen MR) is 81.5 cm³/mol. The lowest BCUT2D eigenvalue weighted by atomic mass is 10.2. The lowest BCUT2D eigenvalue weighted by Gasteiger charge is -2.07. The Labute approximate surface area is 122 Å². The minimum absolute atomic E-state index is 0.523. The van der Waals surface area contributed by atoms with Gasteiger partial charge >= 0.3 is 0 Å². The van der Waals surface area contributed by atoms with Gasteiger partial charge in [0, 0.05) is 0 Å². The second-order valence-electron chi connectivity index (χ2n) is 4.61. The molecule has 0 spiro atoms. The van der Waals surface area contributed by atoms with Crippen LogP contribution in [0.1, 0.15) is 18.2 Å². The normalized spacial score (nSPS) is 10.7. The minimum Gasteiger partial charge on any atom is -0.492 e. The number of ether oxygens (including phenoxy) is 1. The zero-order valence-electron chi connectivity index (χ0n) is 11.9. The van der Waals surface area contributed by atoms with Crippen LogP contribution >= 0.6 is 0 Å². The van der Waals surface area contributed by atoms with E-state index in [1.807, 2.05) is 29.7 Å². The number of fused-ring (bicyclic) bond motifs is 1. The van der Waals surface area contributed by atoms with E-state index >= 15 is 0 Å². The molecule has 0 bridgehead atoms. The first-order valence-corrected chi connectivity index (χ1v) is 6.81. The van der Waals surface area contributed by atoms with E-state index in [0.717, 1.165) is 12.2 Å². The molecule has 0 saturated carbocycles. The Morgan fingerprint density at radius 3 is 2.76 bits per heavy atom. The van der Waals surface area contributed by atoms with Crippen molar-refractivity contribution >= 4 is 16.9 Å². The number of rotatable bonds is 5. The molecule has 5 nitrogen and oxygen atoms in total. The summed E-state index contributed by atoms with van der Waals surface area (Å²) in [6, 6.07) is 10.2. The Kier molecular flexibility index (Phi) is 3.64. The maximum atomic E-state index is 5.43. The van der Waals surface area contributed by atoms with Crippen molar-refractivity contribution in [3.63, 3.8) is 0 Å². The number of benzene rings is 1. The van der Waals surface area contributed by atoms with E-state index in [9.17, 15) is 0 Å². The second kappa shape index (κ2) is 5.75. The summed E-state index contributed by atoms with van der Waals surface area (Å²) in [6.45, 7) is 7.08. The van der Waals surface area contributed by atoms with Crippen molar-refractivity contribution in [1.29, 1.82) is 0 Å². The van der Waals surface area contributed by atoms with Crippen LogP contribution in [0.15, 0.2) is 49.6 Å². The molecule has 106 valence electrons. The Hall–Kier alpha value is -2.69. The van der Waals surface area contributed by atoms with Crippen LogP contribution in [0.2, 0.25) is 0 Å². The van der Waals surface area contributed by atoms with Gasteiger partial charge in [-0.2, -0.15) is 0 Å². The Balaban J connectivity index is 1.99. The summed E-state index contributed by atoms with van der Waals surface area (Å²) in [5, 5.41) is 0. The van der Waals surface area contributed by atoms with Crippen LogP contribution in [0, 0.1) is 0 Å². The maximum Gasteiger partial charge on any atom is 0.164 e. The molecule has 0 unspecified atom stereocenters. The fraction of sp³-hybridized carbons (Fsp3) is 0.188. The van der Waals surface area contributed by atoms with E-state index in [2.05, 4.69) is 33.7 Å². The van der Waals surface area contributed by atoms with Crippen molar-refractivity contribution in [1.82, 2.24) is 19.5 Å². The smallest absolute Gasteiger partial charge is 0.164 e.